The van der Waals surface area contributed by atoms with Gasteiger partial charge in [0.1, 0.15) is 5.82 Å². The van der Waals surface area contributed by atoms with Crippen molar-refractivity contribution in [3.05, 3.63) is 18.2 Å². The predicted molar refractivity (Wildman–Crippen MR) is 92.3 cm³/mol. The second kappa shape index (κ2) is 8.62. The van der Waals surface area contributed by atoms with Crippen molar-refractivity contribution in [2.45, 2.75) is 64.5 Å². The standard InChI is InChI=1S/C18H30N4O2/c1-16-19-9-14-20(16)12-7-17-6-2-3-11-22(17)18(23)8-13-21-10-4-5-15-24-21/h9,14,17H,2-8,10-13,15H2,1H3. The van der Waals surface area contributed by atoms with Gasteiger partial charge in [0, 0.05) is 51.0 Å². The first kappa shape index (κ1) is 17.4. The molecule has 2 fully saturated rings. The molecule has 1 unspecified atom stereocenters. The molecule has 1 aromatic rings. The number of hydrogen-bond acceptors (Lipinski definition) is 4. The molecule has 24 heavy (non-hydrogen) atoms. The SMILES string of the molecule is Cc1nccn1CCC1CCCCN1C(=O)CCN1CCCCO1. The highest BCUT2D eigenvalue weighted by Crippen LogP contribution is 2.21. The summed E-state index contributed by atoms with van der Waals surface area (Å²) < 4.78 is 2.18. The van der Waals surface area contributed by atoms with Crippen molar-refractivity contribution in [3.63, 3.8) is 0 Å². The number of rotatable bonds is 6. The average Bonchev–Trinajstić information content (AvgIpc) is 3.04. The second-order valence-corrected chi connectivity index (χ2v) is 6.91. The predicted octanol–water partition coefficient (Wildman–Crippen LogP) is 2.38. The molecule has 3 heterocycles. The molecule has 2 saturated heterocycles. The van der Waals surface area contributed by atoms with Crippen molar-refractivity contribution >= 4 is 5.91 Å². The van der Waals surface area contributed by atoms with Crippen molar-refractivity contribution in [3.8, 4) is 0 Å². The number of aryl methyl sites for hydroxylation is 2. The van der Waals surface area contributed by atoms with Crippen LogP contribution in [-0.4, -0.2) is 57.7 Å². The van der Waals surface area contributed by atoms with Gasteiger partial charge in [-0.25, -0.2) is 4.98 Å². The van der Waals surface area contributed by atoms with Gasteiger partial charge in [-0.3, -0.25) is 9.63 Å². The van der Waals surface area contributed by atoms with E-state index in [1.165, 1.54) is 12.8 Å². The lowest BCUT2D eigenvalue weighted by atomic mass is 9.98. The van der Waals surface area contributed by atoms with Crippen LogP contribution in [0.4, 0.5) is 0 Å². The quantitative estimate of drug-likeness (QED) is 0.801. The van der Waals surface area contributed by atoms with E-state index in [9.17, 15) is 4.79 Å². The second-order valence-electron chi connectivity index (χ2n) is 6.91. The molecule has 6 heteroatoms. The number of carbonyl (C=O) groups is 1. The molecule has 0 saturated carbocycles. The van der Waals surface area contributed by atoms with E-state index in [0.717, 1.165) is 64.3 Å². The van der Waals surface area contributed by atoms with Crippen LogP contribution in [0.25, 0.3) is 0 Å². The Morgan fingerprint density at radius 1 is 1.25 bits per heavy atom. The third-order valence-electron chi connectivity index (χ3n) is 5.23. The van der Waals surface area contributed by atoms with E-state index in [1.54, 1.807) is 0 Å². The minimum Gasteiger partial charge on any atom is -0.340 e. The van der Waals surface area contributed by atoms with Crippen molar-refractivity contribution in [1.82, 2.24) is 19.5 Å². The average molecular weight is 334 g/mol. The number of hydroxylamine groups is 2. The van der Waals surface area contributed by atoms with Crippen LogP contribution in [0.15, 0.2) is 12.4 Å². The lowest BCUT2D eigenvalue weighted by molar-refractivity contribution is -0.183. The Morgan fingerprint density at radius 3 is 2.88 bits per heavy atom. The fourth-order valence-electron chi connectivity index (χ4n) is 3.75. The Hall–Kier alpha value is -1.40. The topological polar surface area (TPSA) is 50.6 Å². The van der Waals surface area contributed by atoms with E-state index < -0.39 is 0 Å². The lowest BCUT2D eigenvalue weighted by Gasteiger charge is -2.36. The van der Waals surface area contributed by atoms with Gasteiger partial charge in [0.05, 0.1) is 6.61 Å². The molecule has 0 spiro atoms. The van der Waals surface area contributed by atoms with Gasteiger partial charge in [0.2, 0.25) is 5.91 Å². The van der Waals surface area contributed by atoms with Gasteiger partial charge in [0.15, 0.2) is 0 Å². The minimum atomic E-state index is 0.288. The molecule has 1 amide bonds. The van der Waals surface area contributed by atoms with Crippen LogP contribution in [0.2, 0.25) is 0 Å². The van der Waals surface area contributed by atoms with Gasteiger partial charge in [-0.1, -0.05) is 0 Å². The van der Waals surface area contributed by atoms with E-state index in [0.29, 0.717) is 12.5 Å². The number of aromatic nitrogens is 2. The number of likely N-dealkylation sites (tertiary alicyclic amines) is 1. The van der Waals surface area contributed by atoms with Crippen molar-refractivity contribution in [2.24, 2.45) is 0 Å². The molecule has 0 bridgehead atoms. The van der Waals surface area contributed by atoms with Gasteiger partial charge in [-0.05, 0) is 45.4 Å². The summed E-state index contributed by atoms with van der Waals surface area (Å²) >= 11 is 0. The number of amides is 1. The number of hydrogen-bond donors (Lipinski definition) is 0. The molecule has 1 aromatic heterocycles. The Morgan fingerprint density at radius 2 is 2.12 bits per heavy atom. The molecule has 6 nitrogen and oxygen atoms in total. The van der Waals surface area contributed by atoms with Crippen LogP contribution in [0, 0.1) is 6.92 Å². The minimum absolute atomic E-state index is 0.288. The highest BCUT2D eigenvalue weighted by atomic mass is 16.7. The maximum atomic E-state index is 12.7. The zero-order valence-electron chi connectivity index (χ0n) is 14.8. The van der Waals surface area contributed by atoms with Crippen molar-refractivity contribution in [2.75, 3.05) is 26.2 Å². The van der Waals surface area contributed by atoms with Crippen molar-refractivity contribution in [1.29, 1.82) is 0 Å². The van der Waals surface area contributed by atoms with E-state index in [2.05, 4.69) is 14.5 Å². The normalized spacial score (nSPS) is 22.7. The molecule has 0 aromatic carbocycles. The van der Waals surface area contributed by atoms with Crippen LogP contribution in [0.3, 0.4) is 0 Å². The van der Waals surface area contributed by atoms with Crippen LogP contribution in [0.5, 0.6) is 0 Å². The Labute approximate surface area is 144 Å². The smallest absolute Gasteiger partial charge is 0.224 e. The maximum Gasteiger partial charge on any atom is 0.224 e. The molecule has 0 N–H and O–H groups in total. The number of piperidine rings is 1. The van der Waals surface area contributed by atoms with Crippen LogP contribution < -0.4 is 0 Å². The summed E-state index contributed by atoms with van der Waals surface area (Å²) in [5, 5.41) is 1.97. The molecule has 0 radical (unpaired) electrons. The Balaban J connectivity index is 1.49. The Kier molecular flexibility index (Phi) is 6.26. The number of nitrogens with zero attached hydrogens (tertiary/aromatic N) is 4. The van der Waals surface area contributed by atoms with Crippen molar-refractivity contribution < 1.29 is 9.63 Å². The third-order valence-corrected chi connectivity index (χ3v) is 5.23. The summed E-state index contributed by atoms with van der Waals surface area (Å²) in [7, 11) is 0. The van der Waals surface area contributed by atoms with Crippen LogP contribution in [0.1, 0.15) is 50.8 Å². The largest absolute Gasteiger partial charge is 0.340 e. The number of carbonyl (C=O) groups excluding carboxylic acids is 1. The molecule has 2 aliphatic heterocycles. The van der Waals surface area contributed by atoms with Crippen LogP contribution in [-0.2, 0) is 16.2 Å². The fourth-order valence-corrected chi connectivity index (χ4v) is 3.75. The van der Waals surface area contributed by atoms with Gasteiger partial charge >= 0.3 is 0 Å². The molecule has 3 rings (SSSR count). The molecular formula is C18H30N4O2. The first-order valence-electron chi connectivity index (χ1n) is 9.39. The van der Waals surface area contributed by atoms with E-state index in [-0.39, 0.29) is 5.91 Å². The van der Waals surface area contributed by atoms with Gasteiger partial charge in [-0.2, -0.15) is 5.06 Å². The van der Waals surface area contributed by atoms with Gasteiger partial charge in [-0.15, -0.1) is 0 Å². The monoisotopic (exact) mass is 334 g/mol. The number of imidazole rings is 1. The highest BCUT2D eigenvalue weighted by molar-refractivity contribution is 5.76. The summed E-state index contributed by atoms with van der Waals surface area (Å²) in [6, 6.07) is 0.371. The van der Waals surface area contributed by atoms with E-state index in [4.69, 9.17) is 4.84 Å². The van der Waals surface area contributed by atoms with Gasteiger partial charge < -0.3 is 9.47 Å². The molecule has 2 aliphatic rings. The molecular weight excluding hydrogens is 304 g/mol. The maximum absolute atomic E-state index is 12.7. The molecule has 0 aliphatic carbocycles. The fraction of sp³-hybridized carbons (Fsp3) is 0.778. The summed E-state index contributed by atoms with van der Waals surface area (Å²) in [5.41, 5.74) is 0. The zero-order chi connectivity index (χ0) is 16.8. The summed E-state index contributed by atoms with van der Waals surface area (Å²) in [4.78, 5) is 24.7. The Bertz CT molecular complexity index is 525. The summed E-state index contributed by atoms with van der Waals surface area (Å²) in [6.07, 6.45) is 11.2. The first-order chi connectivity index (χ1) is 11.7. The molecule has 134 valence electrons. The first-order valence-corrected chi connectivity index (χ1v) is 9.39. The van der Waals surface area contributed by atoms with E-state index in [1.807, 2.05) is 24.4 Å². The third kappa shape index (κ3) is 4.57. The zero-order valence-corrected chi connectivity index (χ0v) is 14.8. The molecule has 1 atom stereocenters. The lowest BCUT2D eigenvalue weighted by Crippen LogP contribution is -2.45. The summed E-state index contributed by atoms with van der Waals surface area (Å²) in [6.45, 7) is 6.36. The summed E-state index contributed by atoms with van der Waals surface area (Å²) in [5.74, 6) is 1.34. The van der Waals surface area contributed by atoms with E-state index >= 15 is 0 Å². The van der Waals surface area contributed by atoms with Crippen LogP contribution >= 0.6 is 0 Å². The van der Waals surface area contributed by atoms with Gasteiger partial charge in [0.25, 0.3) is 0 Å². The highest BCUT2D eigenvalue weighted by Gasteiger charge is 2.26.